The molecule has 0 aromatic heterocycles. The Hall–Kier alpha value is -1.55. The zero-order chi connectivity index (χ0) is 15.3. The summed E-state index contributed by atoms with van der Waals surface area (Å²) in [5.74, 6) is 0.697. The van der Waals surface area contributed by atoms with Crippen molar-refractivity contribution in [1.82, 2.24) is 4.90 Å². The van der Waals surface area contributed by atoms with Gasteiger partial charge in [0.15, 0.2) is 5.96 Å². The summed E-state index contributed by atoms with van der Waals surface area (Å²) in [6.07, 6.45) is 6.29. The second kappa shape index (κ2) is 7.14. The number of nitrogens with zero attached hydrogens (tertiary/aromatic N) is 2. The van der Waals surface area contributed by atoms with Gasteiger partial charge in [0.25, 0.3) is 0 Å². The normalized spacial score (nSPS) is 22.0. The average Bonchev–Trinajstić information content (AvgIpc) is 3.03. The Morgan fingerprint density at radius 3 is 2.50 bits per heavy atom. The lowest BCUT2D eigenvalue weighted by atomic mass is 9.80. The van der Waals surface area contributed by atoms with Crippen LogP contribution in [-0.4, -0.2) is 43.7 Å². The first-order valence-electron chi connectivity index (χ1n) is 8.44. The Morgan fingerprint density at radius 2 is 1.82 bits per heavy atom. The maximum Gasteiger partial charge on any atom is 0.191 e. The quantitative estimate of drug-likeness (QED) is 0.686. The third kappa shape index (κ3) is 3.80. The zero-order valence-electron chi connectivity index (χ0n) is 13.3. The minimum atomic E-state index is 0.304. The summed E-state index contributed by atoms with van der Waals surface area (Å²) in [7, 11) is 0. The lowest BCUT2D eigenvalue weighted by molar-refractivity contribution is 0.0673. The number of guanidine groups is 1. The van der Waals surface area contributed by atoms with E-state index in [9.17, 15) is 0 Å². The van der Waals surface area contributed by atoms with Crippen molar-refractivity contribution in [3.63, 3.8) is 0 Å². The first-order chi connectivity index (χ1) is 10.8. The van der Waals surface area contributed by atoms with Crippen LogP contribution in [0.2, 0.25) is 0 Å². The van der Waals surface area contributed by atoms with Crippen molar-refractivity contribution in [2.24, 2.45) is 16.1 Å². The maximum absolute atomic E-state index is 6.20. The Kier molecular flexibility index (Phi) is 4.98. The predicted octanol–water partition coefficient (Wildman–Crippen LogP) is 2.44. The van der Waals surface area contributed by atoms with Gasteiger partial charge in [-0.3, -0.25) is 4.99 Å². The van der Waals surface area contributed by atoms with E-state index in [4.69, 9.17) is 15.5 Å². The number of hydrogen-bond acceptors (Lipinski definition) is 2. The number of benzene rings is 1. The van der Waals surface area contributed by atoms with Gasteiger partial charge < -0.3 is 15.4 Å². The molecule has 1 aliphatic heterocycles. The minimum absolute atomic E-state index is 0.304. The molecule has 1 saturated carbocycles. The van der Waals surface area contributed by atoms with Gasteiger partial charge in [-0.15, -0.1) is 0 Å². The molecule has 1 aromatic rings. The fourth-order valence-electron chi connectivity index (χ4n) is 3.69. The highest BCUT2D eigenvalue weighted by Gasteiger charge is 2.34. The van der Waals surface area contributed by atoms with E-state index in [1.165, 1.54) is 31.2 Å². The summed E-state index contributed by atoms with van der Waals surface area (Å²) in [5.41, 5.74) is 7.92. The first kappa shape index (κ1) is 15.3. The molecule has 0 bridgehead atoms. The van der Waals surface area contributed by atoms with Gasteiger partial charge in [-0.05, 0) is 30.2 Å². The lowest BCUT2D eigenvalue weighted by Crippen LogP contribution is -2.45. The topological polar surface area (TPSA) is 50.8 Å². The summed E-state index contributed by atoms with van der Waals surface area (Å²) in [4.78, 5) is 6.91. The van der Waals surface area contributed by atoms with Gasteiger partial charge in [-0.2, -0.15) is 0 Å². The summed E-state index contributed by atoms with van der Waals surface area (Å²) in [5, 5.41) is 0. The lowest BCUT2D eigenvalue weighted by Gasteiger charge is -2.30. The molecule has 4 nitrogen and oxygen atoms in total. The number of nitrogens with two attached hydrogens (primary N) is 1. The summed E-state index contributed by atoms with van der Waals surface area (Å²) < 4.78 is 5.37. The van der Waals surface area contributed by atoms with Crippen molar-refractivity contribution >= 4 is 5.96 Å². The van der Waals surface area contributed by atoms with E-state index in [1.54, 1.807) is 0 Å². The number of aliphatic imine (C=N–C) groups is 1. The third-order valence-electron chi connectivity index (χ3n) is 5.00. The van der Waals surface area contributed by atoms with E-state index >= 15 is 0 Å². The van der Waals surface area contributed by atoms with Crippen molar-refractivity contribution in [2.75, 3.05) is 32.8 Å². The largest absolute Gasteiger partial charge is 0.378 e. The molecule has 1 saturated heterocycles. The van der Waals surface area contributed by atoms with Crippen LogP contribution in [-0.2, 0) is 11.2 Å². The molecule has 0 amide bonds. The fourth-order valence-corrected chi connectivity index (χ4v) is 3.69. The van der Waals surface area contributed by atoms with Gasteiger partial charge in [0, 0.05) is 19.6 Å². The molecule has 0 radical (unpaired) electrons. The molecular formula is C18H27N3O. The maximum atomic E-state index is 6.20. The van der Waals surface area contributed by atoms with E-state index in [0.29, 0.717) is 11.4 Å². The molecule has 2 fully saturated rings. The third-order valence-corrected chi connectivity index (χ3v) is 5.00. The van der Waals surface area contributed by atoms with Gasteiger partial charge in [0.05, 0.1) is 13.2 Å². The van der Waals surface area contributed by atoms with Crippen LogP contribution in [0.25, 0.3) is 0 Å². The zero-order valence-corrected chi connectivity index (χ0v) is 13.3. The highest BCUT2D eigenvalue weighted by Crippen LogP contribution is 2.41. The van der Waals surface area contributed by atoms with E-state index in [0.717, 1.165) is 39.3 Å². The van der Waals surface area contributed by atoms with Crippen molar-refractivity contribution in [2.45, 2.75) is 32.1 Å². The van der Waals surface area contributed by atoms with Gasteiger partial charge in [0.2, 0.25) is 0 Å². The molecule has 3 rings (SSSR count). The number of rotatable bonds is 4. The van der Waals surface area contributed by atoms with Gasteiger partial charge in [-0.1, -0.05) is 43.2 Å². The summed E-state index contributed by atoms with van der Waals surface area (Å²) in [6.45, 7) is 4.09. The second-order valence-electron chi connectivity index (χ2n) is 6.64. The van der Waals surface area contributed by atoms with Crippen molar-refractivity contribution in [1.29, 1.82) is 0 Å². The highest BCUT2D eigenvalue weighted by atomic mass is 16.5. The molecule has 1 aromatic carbocycles. The van der Waals surface area contributed by atoms with Crippen LogP contribution >= 0.6 is 0 Å². The summed E-state index contributed by atoms with van der Waals surface area (Å²) in [6, 6.07) is 10.8. The highest BCUT2D eigenvalue weighted by molar-refractivity contribution is 5.78. The Bertz CT molecular complexity index is 488. The molecule has 2 N–H and O–H groups in total. The SMILES string of the molecule is NC(=NCC1(Cc2ccccc2)CCCC1)N1CCOCC1. The molecule has 1 aliphatic carbocycles. The van der Waals surface area contributed by atoms with Crippen LogP contribution < -0.4 is 5.73 Å². The second-order valence-corrected chi connectivity index (χ2v) is 6.64. The van der Waals surface area contributed by atoms with E-state index in [2.05, 4.69) is 35.2 Å². The molecule has 22 heavy (non-hydrogen) atoms. The molecule has 0 spiro atoms. The standard InChI is InChI=1S/C18H27N3O/c19-17(21-10-12-22-13-11-21)20-15-18(8-4-5-9-18)14-16-6-2-1-3-7-16/h1-3,6-7H,4-5,8-15H2,(H2,19,20). The Balaban J connectivity index is 1.66. The smallest absolute Gasteiger partial charge is 0.191 e. The fraction of sp³-hybridized carbons (Fsp3) is 0.611. The van der Waals surface area contributed by atoms with Crippen molar-refractivity contribution in [3.8, 4) is 0 Å². The van der Waals surface area contributed by atoms with Crippen LogP contribution in [0.15, 0.2) is 35.3 Å². The molecule has 120 valence electrons. The van der Waals surface area contributed by atoms with Gasteiger partial charge in [-0.25, -0.2) is 0 Å². The molecular weight excluding hydrogens is 274 g/mol. The van der Waals surface area contributed by atoms with Crippen molar-refractivity contribution in [3.05, 3.63) is 35.9 Å². The molecule has 0 unspecified atom stereocenters. The van der Waals surface area contributed by atoms with Crippen LogP contribution in [0, 0.1) is 5.41 Å². The van der Waals surface area contributed by atoms with E-state index in [-0.39, 0.29) is 0 Å². The predicted molar refractivity (Wildman–Crippen MR) is 89.9 cm³/mol. The van der Waals surface area contributed by atoms with Crippen molar-refractivity contribution < 1.29 is 4.74 Å². The molecule has 2 aliphatic rings. The summed E-state index contributed by atoms with van der Waals surface area (Å²) >= 11 is 0. The van der Waals surface area contributed by atoms with E-state index in [1.807, 2.05) is 0 Å². The molecule has 0 atom stereocenters. The van der Waals surface area contributed by atoms with Gasteiger partial charge >= 0.3 is 0 Å². The minimum Gasteiger partial charge on any atom is -0.378 e. The van der Waals surface area contributed by atoms with Gasteiger partial charge in [0.1, 0.15) is 0 Å². The van der Waals surface area contributed by atoms with Crippen LogP contribution in [0.1, 0.15) is 31.2 Å². The van der Waals surface area contributed by atoms with E-state index < -0.39 is 0 Å². The Labute approximate surface area is 133 Å². The first-order valence-corrected chi connectivity index (χ1v) is 8.44. The number of morpholine rings is 1. The van der Waals surface area contributed by atoms with Crippen LogP contribution in [0.5, 0.6) is 0 Å². The number of hydrogen-bond donors (Lipinski definition) is 1. The molecule has 4 heteroatoms. The Morgan fingerprint density at radius 1 is 1.14 bits per heavy atom. The molecule has 1 heterocycles. The monoisotopic (exact) mass is 301 g/mol. The van der Waals surface area contributed by atoms with Crippen LogP contribution in [0.3, 0.4) is 0 Å². The van der Waals surface area contributed by atoms with Crippen LogP contribution in [0.4, 0.5) is 0 Å². The number of ether oxygens (including phenoxy) is 1. The average molecular weight is 301 g/mol.